The van der Waals surface area contributed by atoms with Gasteiger partial charge in [0.15, 0.2) is 5.78 Å². The lowest BCUT2D eigenvalue weighted by Gasteiger charge is -2.26. The first-order valence-corrected chi connectivity index (χ1v) is 6.84. The fourth-order valence-electron chi connectivity index (χ4n) is 3.06. The van der Waals surface area contributed by atoms with Crippen molar-refractivity contribution in [3.63, 3.8) is 0 Å². The zero-order valence-electron chi connectivity index (χ0n) is 11.5. The second kappa shape index (κ2) is 5.55. The highest BCUT2D eigenvalue weighted by Gasteiger charge is 2.32. The maximum Gasteiger partial charge on any atom is 0.306 e. The minimum Gasteiger partial charge on any atom is -0.481 e. The Morgan fingerprint density at radius 3 is 2.26 bits per heavy atom. The molecular weight excluding hydrogens is 240 g/mol. The van der Waals surface area contributed by atoms with Crippen LogP contribution in [0.25, 0.3) is 0 Å². The number of rotatable bonds is 3. The van der Waals surface area contributed by atoms with Crippen molar-refractivity contribution in [2.45, 2.75) is 39.5 Å². The third kappa shape index (κ3) is 2.86. The molecule has 102 valence electrons. The Labute approximate surface area is 113 Å². The fourth-order valence-corrected chi connectivity index (χ4v) is 3.06. The van der Waals surface area contributed by atoms with Crippen LogP contribution in [0.2, 0.25) is 0 Å². The van der Waals surface area contributed by atoms with Crippen LogP contribution < -0.4 is 0 Å². The van der Waals surface area contributed by atoms with E-state index in [9.17, 15) is 9.59 Å². The predicted octanol–water partition coefficient (Wildman–Crippen LogP) is 3.38. The van der Waals surface area contributed by atoms with Gasteiger partial charge >= 0.3 is 5.97 Å². The molecule has 1 aliphatic rings. The number of aliphatic carboxylic acids is 1. The van der Waals surface area contributed by atoms with Gasteiger partial charge in [-0.2, -0.15) is 0 Å². The number of carbonyl (C=O) groups excluding carboxylic acids is 1. The van der Waals surface area contributed by atoms with Gasteiger partial charge in [-0.1, -0.05) is 24.6 Å². The summed E-state index contributed by atoms with van der Waals surface area (Å²) in [5, 5.41) is 9.11. The molecule has 3 heteroatoms. The van der Waals surface area contributed by atoms with Crippen molar-refractivity contribution >= 4 is 11.8 Å². The maximum absolute atomic E-state index is 12.6. The standard InChI is InChI=1S/C16H20O3/c1-10-5-3-6-11(2)14(10)15(17)12-7-4-8-13(9-12)16(18)19/h3,5-6,12-13H,4,7-9H2,1-2H3,(H,18,19). The van der Waals surface area contributed by atoms with Gasteiger partial charge in [-0.05, 0) is 44.2 Å². The normalized spacial score (nSPS) is 23.1. The van der Waals surface area contributed by atoms with E-state index >= 15 is 0 Å². The summed E-state index contributed by atoms with van der Waals surface area (Å²) in [5.41, 5.74) is 2.77. The second-order valence-corrected chi connectivity index (χ2v) is 5.53. The van der Waals surface area contributed by atoms with Crippen LogP contribution in [0, 0.1) is 25.7 Å². The van der Waals surface area contributed by atoms with Crippen molar-refractivity contribution in [3.05, 3.63) is 34.9 Å². The van der Waals surface area contributed by atoms with Crippen molar-refractivity contribution in [1.29, 1.82) is 0 Å². The largest absolute Gasteiger partial charge is 0.481 e. The molecule has 1 aromatic rings. The van der Waals surface area contributed by atoms with E-state index in [4.69, 9.17) is 5.11 Å². The van der Waals surface area contributed by atoms with E-state index in [0.29, 0.717) is 12.8 Å². The average molecular weight is 260 g/mol. The minimum atomic E-state index is -0.765. The monoisotopic (exact) mass is 260 g/mol. The molecule has 0 heterocycles. The fraction of sp³-hybridized carbons (Fsp3) is 0.500. The summed E-state index contributed by atoms with van der Waals surface area (Å²) in [5.74, 6) is -1.12. The van der Waals surface area contributed by atoms with Crippen LogP contribution in [0.3, 0.4) is 0 Å². The molecule has 0 radical (unpaired) electrons. The van der Waals surface area contributed by atoms with Gasteiger partial charge in [0.05, 0.1) is 5.92 Å². The van der Waals surface area contributed by atoms with Gasteiger partial charge in [0.25, 0.3) is 0 Å². The molecule has 0 aliphatic heterocycles. The molecule has 1 saturated carbocycles. The smallest absolute Gasteiger partial charge is 0.306 e. The molecular formula is C16H20O3. The second-order valence-electron chi connectivity index (χ2n) is 5.53. The van der Waals surface area contributed by atoms with Crippen molar-refractivity contribution in [1.82, 2.24) is 0 Å². The average Bonchev–Trinajstić information content (AvgIpc) is 2.38. The van der Waals surface area contributed by atoms with Gasteiger partial charge in [-0.25, -0.2) is 0 Å². The number of ketones is 1. The van der Waals surface area contributed by atoms with E-state index in [0.717, 1.165) is 29.5 Å². The maximum atomic E-state index is 12.6. The molecule has 0 saturated heterocycles. The zero-order valence-corrected chi connectivity index (χ0v) is 11.5. The highest BCUT2D eigenvalue weighted by Crippen LogP contribution is 2.32. The molecule has 0 bridgehead atoms. The van der Waals surface area contributed by atoms with Crippen molar-refractivity contribution < 1.29 is 14.7 Å². The summed E-state index contributed by atoms with van der Waals surface area (Å²) >= 11 is 0. The Morgan fingerprint density at radius 2 is 1.68 bits per heavy atom. The lowest BCUT2D eigenvalue weighted by atomic mass is 9.77. The van der Waals surface area contributed by atoms with Crippen LogP contribution in [0.1, 0.15) is 47.2 Å². The Morgan fingerprint density at radius 1 is 1.11 bits per heavy atom. The summed E-state index contributed by atoms with van der Waals surface area (Å²) in [7, 11) is 0. The van der Waals surface area contributed by atoms with E-state index in [1.165, 1.54) is 0 Å². The highest BCUT2D eigenvalue weighted by atomic mass is 16.4. The van der Waals surface area contributed by atoms with E-state index in [2.05, 4.69) is 0 Å². The molecule has 1 aliphatic carbocycles. The first-order valence-electron chi connectivity index (χ1n) is 6.84. The van der Waals surface area contributed by atoms with E-state index < -0.39 is 5.97 Å². The molecule has 3 nitrogen and oxygen atoms in total. The van der Waals surface area contributed by atoms with Crippen LogP contribution in [-0.2, 0) is 4.79 Å². The van der Waals surface area contributed by atoms with Crippen LogP contribution >= 0.6 is 0 Å². The van der Waals surface area contributed by atoms with E-state index in [1.54, 1.807) is 0 Å². The van der Waals surface area contributed by atoms with Crippen LogP contribution in [0.4, 0.5) is 0 Å². The Balaban J connectivity index is 2.22. The Bertz CT molecular complexity index is 484. The molecule has 19 heavy (non-hydrogen) atoms. The zero-order chi connectivity index (χ0) is 14.0. The van der Waals surface area contributed by atoms with E-state index in [-0.39, 0.29) is 17.6 Å². The summed E-state index contributed by atoms with van der Waals surface area (Å²) in [6.07, 6.45) is 2.84. The molecule has 1 fully saturated rings. The van der Waals surface area contributed by atoms with Gasteiger partial charge < -0.3 is 5.11 Å². The molecule has 1 aromatic carbocycles. The first kappa shape index (κ1) is 13.8. The number of hydrogen-bond acceptors (Lipinski definition) is 2. The van der Waals surface area contributed by atoms with Gasteiger partial charge in [0.1, 0.15) is 0 Å². The SMILES string of the molecule is Cc1cccc(C)c1C(=O)C1CCCC(C(=O)O)C1. The number of hydrogen-bond donors (Lipinski definition) is 1. The molecule has 2 unspecified atom stereocenters. The Kier molecular flexibility index (Phi) is 4.03. The van der Waals surface area contributed by atoms with Gasteiger partial charge in [0, 0.05) is 11.5 Å². The Hall–Kier alpha value is -1.64. The van der Waals surface area contributed by atoms with Crippen molar-refractivity contribution in [3.8, 4) is 0 Å². The summed E-state index contributed by atoms with van der Waals surface area (Å²) in [4.78, 5) is 23.7. The molecule has 0 amide bonds. The number of carboxylic acids is 1. The first-order chi connectivity index (χ1) is 9.00. The number of benzene rings is 1. The summed E-state index contributed by atoms with van der Waals surface area (Å²) < 4.78 is 0. The summed E-state index contributed by atoms with van der Waals surface area (Å²) in [6, 6.07) is 5.83. The third-order valence-electron chi connectivity index (χ3n) is 4.12. The van der Waals surface area contributed by atoms with E-state index in [1.807, 2.05) is 32.0 Å². The van der Waals surface area contributed by atoms with Crippen LogP contribution in [0.15, 0.2) is 18.2 Å². The number of aryl methyl sites for hydroxylation is 2. The van der Waals surface area contributed by atoms with Crippen molar-refractivity contribution in [2.75, 3.05) is 0 Å². The number of carboxylic acid groups (broad SMARTS) is 1. The lowest BCUT2D eigenvalue weighted by Crippen LogP contribution is -2.28. The quantitative estimate of drug-likeness (QED) is 0.848. The molecule has 2 rings (SSSR count). The minimum absolute atomic E-state index is 0.126. The van der Waals surface area contributed by atoms with Crippen molar-refractivity contribution in [2.24, 2.45) is 11.8 Å². The molecule has 1 N–H and O–H groups in total. The lowest BCUT2D eigenvalue weighted by molar-refractivity contribution is -0.143. The molecule has 2 atom stereocenters. The van der Waals surface area contributed by atoms with Crippen LogP contribution in [-0.4, -0.2) is 16.9 Å². The van der Waals surface area contributed by atoms with Crippen LogP contribution in [0.5, 0.6) is 0 Å². The van der Waals surface area contributed by atoms with Gasteiger partial charge in [-0.3, -0.25) is 9.59 Å². The van der Waals surface area contributed by atoms with Gasteiger partial charge in [-0.15, -0.1) is 0 Å². The highest BCUT2D eigenvalue weighted by molar-refractivity contribution is 6.00. The summed E-state index contributed by atoms with van der Waals surface area (Å²) in [6.45, 7) is 3.88. The number of carbonyl (C=O) groups is 2. The molecule has 0 aromatic heterocycles. The topological polar surface area (TPSA) is 54.4 Å². The number of Topliss-reactive ketones (excluding diaryl/α,β-unsaturated/α-hetero) is 1. The predicted molar refractivity (Wildman–Crippen MR) is 73.3 cm³/mol. The molecule has 0 spiro atoms. The third-order valence-corrected chi connectivity index (χ3v) is 4.12. The van der Waals surface area contributed by atoms with Gasteiger partial charge in [0.2, 0.25) is 0 Å².